The molecule has 0 aromatic carbocycles. The zero-order valence-electron chi connectivity index (χ0n) is 18.3. The van der Waals surface area contributed by atoms with E-state index < -0.39 is 29.8 Å². The van der Waals surface area contributed by atoms with Crippen molar-refractivity contribution in [2.45, 2.75) is 0 Å². The number of hydrogen-bond donors (Lipinski definition) is 6. The molecule has 0 saturated carbocycles. The minimum Gasteiger partial charge on any atom is -0.480 e. The second-order valence-corrected chi connectivity index (χ2v) is 7.28. The van der Waals surface area contributed by atoms with E-state index in [0.717, 1.165) is 0 Å². The van der Waals surface area contributed by atoms with Gasteiger partial charge in [-0.05, 0) is 0 Å². The minimum atomic E-state index is -1.02. The van der Waals surface area contributed by atoms with Crippen molar-refractivity contribution in [1.29, 1.82) is 0 Å². The number of hydrogen-bond acceptors (Lipinski definition) is 10. The quantitative estimate of drug-likeness (QED) is 0.189. The second kappa shape index (κ2) is 16.7. The molecular weight excluding hydrogens is 446 g/mol. The van der Waals surface area contributed by atoms with Gasteiger partial charge in [0.05, 0.1) is 32.7 Å². The van der Waals surface area contributed by atoms with Gasteiger partial charge in [-0.1, -0.05) is 0 Å². The summed E-state index contributed by atoms with van der Waals surface area (Å²) in [7, 11) is 0. The summed E-state index contributed by atoms with van der Waals surface area (Å²) in [6, 6.07) is 0. The monoisotopic (exact) mass is 479 g/mol. The van der Waals surface area contributed by atoms with Crippen LogP contribution in [0.25, 0.3) is 0 Å². The van der Waals surface area contributed by atoms with E-state index in [2.05, 4.69) is 5.73 Å². The summed E-state index contributed by atoms with van der Waals surface area (Å²) in [5.74, 6) is -5.04. The Balaban J connectivity index is 0.00000184. The van der Waals surface area contributed by atoms with E-state index in [1.54, 1.807) is 19.6 Å². The summed E-state index contributed by atoms with van der Waals surface area (Å²) in [4.78, 5) is 60.2. The molecule has 0 aliphatic carbocycles. The Morgan fingerprint density at radius 2 is 0.606 bits per heavy atom. The Hall–Kier alpha value is -2.85. The first kappa shape index (κ1) is 30.1. The lowest BCUT2D eigenvalue weighted by atomic mass is 10.3. The van der Waals surface area contributed by atoms with Crippen molar-refractivity contribution in [2.24, 2.45) is 5.73 Å². The van der Waals surface area contributed by atoms with E-state index >= 15 is 0 Å². The van der Waals surface area contributed by atoms with Gasteiger partial charge in [0.15, 0.2) is 0 Å². The number of rotatable bonds is 9. The van der Waals surface area contributed by atoms with E-state index in [1.165, 1.54) is 0 Å². The SMILES string of the molecule is NCC(=O)O.O=C(O)CN1CCN(CC(=O)O)CCN(CC(=O)O)CCN(CC(=O)O)CC1. The van der Waals surface area contributed by atoms with Crippen molar-refractivity contribution in [2.75, 3.05) is 85.1 Å². The van der Waals surface area contributed by atoms with Crippen LogP contribution in [0.1, 0.15) is 0 Å². The van der Waals surface area contributed by atoms with Crippen LogP contribution in [0, 0.1) is 0 Å². The number of aliphatic carboxylic acids is 5. The average molecular weight is 479 g/mol. The number of nitrogens with two attached hydrogens (primary N) is 1. The van der Waals surface area contributed by atoms with E-state index in [4.69, 9.17) is 25.5 Å². The average Bonchev–Trinajstić information content (AvgIpc) is 2.68. The maximum atomic E-state index is 11.1. The molecule has 33 heavy (non-hydrogen) atoms. The molecule has 190 valence electrons. The van der Waals surface area contributed by atoms with Gasteiger partial charge in [0, 0.05) is 52.4 Å². The van der Waals surface area contributed by atoms with Crippen LogP contribution in [0.3, 0.4) is 0 Å². The van der Waals surface area contributed by atoms with Gasteiger partial charge in [0.2, 0.25) is 0 Å². The van der Waals surface area contributed by atoms with Crippen LogP contribution in [0.4, 0.5) is 0 Å². The van der Waals surface area contributed by atoms with Crippen LogP contribution in [-0.4, -0.2) is 160 Å². The summed E-state index contributed by atoms with van der Waals surface area (Å²) in [6.45, 7) is 1.25. The standard InChI is InChI=1S/C16H28N4O8.C2H5NO2/c21-13(22)9-17-1-2-18(10-14(23)24)5-6-20(12-16(27)28)8-7-19(4-3-17)11-15(25)26;3-1-2(4)5/h1-12H2,(H,21,22)(H,23,24)(H,25,26)(H,27,28);1,3H2,(H,4,5). The van der Waals surface area contributed by atoms with Gasteiger partial charge in [-0.2, -0.15) is 0 Å². The van der Waals surface area contributed by atoms with Gasteiger partial charge < -0.3 is 31.3 Å². The Morgan fingerprint density at radius 1 is 0.455 bits per heavy atom. The molecule has 0 aromatic rings. The van der Waals surface area contributed by atoms with Crippen molar-refractivity contribution in [3.63, 3.8) is 0 Å². The third-order valence-electron chi connectivity index (χ3n) is 4.54. The number of carbonyl (C=O) groups is 5. The molecule has 0 radical (unpaired) electrons. The molecule has 0 unspecified atom stereocenters. The van der Waals surface area contributed by atoms with E-state index in [0.29, 0.717) is 52.4 Å². The van der Waals surface area contributed by atoms with Crippen molar-refractivity contribution >= 4 is 29.8 Å². The van der Waals surface area contributed by atoms with Crippen LogP contribution in [0.5, 0.6) is 0 Å². The Morgan fingerprint density at radius 3 is 0.697 bits per heavy atom. The van der Waals surface area contributed by atoms with Gasteiger partial charge in [-0.25, -0.2) is 0 Å². The molecule has 15 nitrogen and oxygen atoms in total. The van der Waals surface area contributed by atoms with Crippen molar-refractivity contribution in [3.8, 4) is 0 Å². The molecule has 0 aromatic heterocycles. The van der Waals surface area contributed by atoms with Gasteiger partial charge in [0.1, 0.15) is 0 Å². The molecule has 0 atom stereocenters. The van der Waals surface area contributed by atoms with Crippen molar-refractivity contribution in [3.05, 3.63) is 0 Å². The maximum absolute atomic E-state index is 11.1. The lowest BCUT2D eigenvalue weighted by Gasteiger charge is -2.32. The fourth-order valence-electron chi connectivity index (χ4n) is 2.98. The lowest BCUT2D eigenvalue weighted by molar-refractivity contribution is -0.141. The van der Waals surface area contributed by atoms with Crippen LogP contribution < -0.4 is 5.73 Å². The topological polar surface area (TPSA) is 225 Å². The fourth-order valence-corrected chi connectivity index (χ4v) is 2.98. The highest BCUT2D eigenvalue weighted by molar-refractivity contribution is 5.70. The second-order valence-electron chi connectivity index (χ2n) is 7.28. The zero-order chi connectivity index (χ0) is 25.4. The molecule has 0 amide bonds. The van der Waals surface area contributed by atoms with Crippen LogP contribution in [-0.2, 0) is 24.0 Å². The smallest absolute Gasteiger partial charge is 0.317 e. The summed E-state index contributed by atoms with van der Waals surface area (Å²) in [5.41, 5.74) is 4.57. The molecule has 7 N–H and O–H groups in total. The Kier molecular flexibility index (Phi) is 15.3. The molecule has 1 heterocycles. The first-order valence-corrected chi connectivity index (χ1v) is 10.1. The van der Waals surface area contributed by atoms with Crippen molar-refractivity contribution < 1.29 is 49.5 Å². The van der Waals surface area contributed by atoms with Gasteiger partial charge in [-0.3, -0.25) is 43.6 Å². The lowest BCUT2D eigenvalue weighted by Crippen LogP contribution is -2.49. The predicted molar refractivity (Wildman–Crippen MR) is 113 cm³/mol. The number of carboxylic acid groups (broad SMARTS) is 5. The summed E-state index contributed by atoms with van der Waals surface area (Å²) >= 11 is 0. The molecule has 1 rings (SSSR count). The zero-order valence-corrected chi connectivity index (χ0v) is 18.3. The molecule has 15 heteroatoms. The Bertz CT molecular complexity index is 551. The molecule has 1 aliphatic heterocycles. The molecular formula is C18H33N5O10. The summed E-state index contributed by atoms with van der Waals surface area (Å²) in [5, 5.41) is 43.9. The number of carboxylic acids is 5. The van der Waals surface area contributed by atoms with Crippen LogP contribution >= 0.6 is 0 Å². The first-order chi connectivity index (χ1) is 15.4. The van der Waals surface area contributed by atoms with Gasteiger partial charge >= 0.3 is 29.8 Å². The minimum absolute atomic E-state index is 0.229. The van der Waals surface area contributed by atoms with E-state index in [9.17, 15) is 24.0 Å². The summed E-state index contributed by atoms with van der Waals surface area (Å²) < 4.78 is 0. The number of nitrogens with zero attached hydrogens (tertiary/aromatic N) is 4. The molecule has 0 bridgehead atoms. The largest absolute Gasteiger partial charge is 0.480 e. The Labute approximate surface area is 190 Å². The highest BCUT2D eigenvalue weighted by atomic mass is 16.4. The molecule has 1 aliphatic rings. The van der Waals surface area contributed by atoms with E-state index in [1.807, 2.05) is 0 Å². The highest BCUT2D eigenvalue weighted by Crippen LogP contribution is 2.01. The third kappa shape index (κ3) is 17.4. The normalized spacial score (nSPS) is 17.6. The van der Waals surface area contributed by atoms with Gasteiger partial charge in [-0.15, -0.1) is 0 Å². The third-order valence-corrected chi connectivity index (χ3v) is 4.54. The van der Waals surface area contributed by atoms with Crippen LogP contribution in [0.2, 0.25) is 0 Å². The summed E-state index contributed by atoms with van der Waals surface area (Å²) in [6.07, 6.45) is 0. The van der Waals surface area contributed by atoms with Gasteiger partial charge in [0.25, 0.3) is 0 Å². The molecule has 1 fully saturated rings. The maximum Gasteiger partial charge on any atom is 0.317 e. The fraction of sp³-hybridized carbons (Fsp3) is 0.722. The molecule has 0 spiro atoms. The van der Waals surface area contributed by atoms with Crippen molar-refractivity contribution in [1.82, 2.24) is 19.6 Å². The highest BCUT2D eigenvalue weighted by Gasteiger charge is 2.20. The molecule has 1 saturated heterocycles. The van der Waals surface area contributed by atoms with E-state index in [-0.39, 0.29) is 32.7 Å². The predicted octanol–water partition coefficient (Wildman–Crippen LogP) is -3.42. The van der Waals surface area contributed by atoms with Crippen LogP contribution in [0.15, 0.2) is 0 Å². The first-order valence-electron chi connectivity index (χ1n) is 10.1.